The van der Waals surface area contributed by atoms with Crippen molar-refractivity contribution >= 4 is 33.3 Å². The molecule has 2 aromatic rings. The van der Waals surface area contributed by atoms with E-state index in [9.17, 15) is 12.8 Å². The molecule has 110 valence electrons. The number of hydrogen-bond acceptors (Lipinski definition) is 4. The van der Waals surface area contributed by atoms with Crippen molar-refractivity contribution in [1.82, 2.24) is 0 Å². The molecule has 0 heterocycles. The van der Waals surface area contributed by atoms with Gasteiger partial charge in [0.1, 0.15) is 5.82 Å². The van der Waals surface area contributed by atoms with E-state index in [0.29, 0.717) is 11.3 Å². The molecule has 0 bridgehead atoms. The van der Waals surface area contributed by atoms with Gasteiger partial charge < -0.3 is 0 Å². The lowest BCUT2D eigenvalue weighted by atomic mass is 10.2. The second kappa shape index (κ2) is 6.24. The van der Waals surface area contributed by atoms with Gasteiger partial charge in [0.2, 0.25) is 0 Å². The van der Waals surface area contributed by atoms with Crippen molar-refractivity contribution in [3.05, 3.63) is 58.9 Å². The Bertz CT molecular complexity index is 774. The lowest BCUT2D eigenvalue weighted by molar-refractivity contribution is 0.602. The Balaban J connectivity index is 2.06. The second-order valence-electron chi connectivity index (χ2n) is 4.34. The zero-order valence-corrected chi connectivity index (χ0v) is 12.6. The van der Waals surface area contributed by atoms with Crippen molar-refractivity contribution in [3.8, 4) is 0 Å². The zero-order valence-electron chi connectivity index (χ0n) is 11.0. The quantitative estimate of drug-likeness (QED) is 0.692. The van der Waals surface area contributed by atoms with Crippen LogP contribution in [0.25, 0.3) is 0 Å². The van der Waals surface area contributed by atoms with Crippen LogP contribution in [0, 0.1) is 5.82 Å². The fourth-order valence-electron chi connectivity index (χ4n) is 1.55. The van der Waals surface area contributed by atoms with Crippen LogP contribution in [0.2, 0.25) is 5.02 Å². The Labute approximate surface area is 127 Å². The summed E-state index contributed by atoms with van der Waals surface area (Å²) in [6, 6.07) is 10.5. The number of hydrazone groups is 1. The van der Waals surface area contributed by atoms with E-state index in [2.05, 4.69) is 10.5 Å². The summed E-state index contributed by atoms with van der Waals surface area (Å²) in [7, 11) is -3.21. The summed E-state index contributed by atoms with van der Waals surface area (Å²) < 4.78 is 35.8. The van der Waals surface area contributed by atoms with E-state index in [1.807, 2.05) is 0 Å². The number of nitrogens with zero attached hydrogens (tertiary/aromatic N) is 1. The maximum absolute atomic E-state index is 13.2. The molecule has 2 rings (SSSR count). The van der Waals surface area contributed by atoms with Gasteiger partial charge in [-0.15, -0.1) is 0 Å². The number of benzene rings is 2. The van der Waals surface area contributed by atoms with Crippen molar-refractivity contribution in [2.45, 2.75) is 4.90 Å². The average molecular weight is 327 g/mol. The van der Waals surface area contributed by atoms with Gasteiger partial charge in [0.15, 0.2) is 9.84 Å². The Hall–Kier alpha value is -1.92. The van der Waals surface area contributed by atoms with Crippen LogP contribution >= 0.6 is 11.6 Å². The first kappa shape index (κ1) is 15.5. The Kier molecular flexibility index (Phi) is 4.59. The van der Waals surface area contributed by atoms with E-state index in [1.165, 1.54) is 30.5 Å². The molecule has 0 aromatic heterocycles. The van der Waals surface area contributed by atoms with Gasteiger partial charge in [0.25, 0.3) is 0 Å². The lowest BCUT2D eigenvalue weighted by Crippen LogP contribution is -1.97. The third kappa shape index (κ3) is 4.27. The van der Waals surface area contributed by atoms with Gasteiger partial charge in [-0.25, -0.2) is 12.8 Å². The number of nitrogens with one attached hydrogen (secondary N) is 1. The van der Waals surface area contributed by atoms with Gasteiger partial charge >= 0.3 is 0 Å². The first-order valence-electron chi connectivity index (χ1n) is 5.90. The first-order valence-corrected chi connectivity index (χ1v) is 8.17. The van der Waals surface area contributed by atoms with Crippen molar-refractivity contribution in [2.75, 3.05) is 11.7 Å². The molecular formula is C14H12ClFN2O2S. The maximum Gasteiger partial charge on any atom is 0.175 e. The largest absolute Gasteiger partial charge is 0.278 e. The summed E-state index contributed by atoms with van der Waals surface area (Å²) in [6.07, 6.45) is 2.64. The number of hydrogen-bond donors (Lipinski definition) is 1. The molecule has 0 radical (unpaired) electrons. The molecule has 21 heavy (non-hydrogen) atoms. The summed E-state index contributed by atoms with van der Waals surface area (Å²) >= 11 is 5.57. The van der Waals surface area contributed by atoms with Crippen LogP contribution in [-0.4, -0.2) is 20.9 Å². The molecule has 2 aromatic carbocycles. The van der Waals surface area contributed by atoms with Crippen LogP contribution < -0.4 is 5.43 Å². The van der Waals surface area contributed by atoms with Crippen molar-refractivity contribution in [1.29, 1.82) is 0 Å². The van der Waals surface area contributed by atoms with E-state index in [0.717, 1.165) is 6.26 Å². The zero-order chi connectivity index (χ0) is 15.5. The minimum absolute atomic E-state index is 0.0425. The maximum atomic E-state index is 13.2. The average Bonchev–Trinajstić information content (AvgIpc) is 2.42. The van der Waals surface area contributed by atoms with Gasteiger partial charge in [-0.3, -0.25) is 5.43 Å². The smallest absolute Gasteiger partial charge is 0.175 e. The topological polar surface area (TPSA) is 58.5 Å². The highest BCUT2D eigenvalue weighted by molar-refractivity contribution is 7.90. The molecule has 0 spiro atoms. The summed E-state index contributed by atoms with van der Waals surface area (Å²) in [5.74, 6) is -0.533. The van der Waals surface area contributed by atoms with E-state index < -0.39 is 15.7 Å². The van der Waals surface area contributed by atoms with E-state index in [-0.39, 0.29) is 9.92 Å². The van der Waals surface area contributed by atoms with Gasteiger partial charge in [0.05, 0.1) is 21.8 Å². The normalized spacial score (nSPS) is 11.8. The highest BCUT2D eigenvalue weighted by Gasteiger charge is 2.05. The van der Waals surface area contributed by atoms with E-state index >= 15 is 0 Å². The number of halogens is 2. The molecule has 0 amide bonds. The number of anilines is 1. The standard InChI is InChI=1S/C14H12ClFN2O2S/c1-21(19,20)12-5-2-10(3-6-12)9-17-18-11-4-7-13(15)14(16)8-11/h2-9,18H,1H3/b17-9+. The van der Waals surface area contributed by atoms with Gasteiger partial charge in [-0.05, 0) is 29.8 Å². The fraction of sp³-hybridized carbons (Fsp3) is 0.0714. The summed E-state index contributed by atoms with van der Waals surface area (Å²) in [5, 5.41) is 3.98. The first-order chi connectivity index (χ1) is 9.86. The molecule has 0 saturated carbocycles. The third-order valence-corrected chi connectivity index (χ3v) is 4.07. The molecule has 0 aliphatic carbocycles. The molecule has 0 aliphatic rings. The van der Waals surface area contributed by atoms with Gasteiger partial charge in [-0.1, -0.05) is 23.7 Å². The molecule has 0 unspecified atom stereocenters. The molecular weight excluding hydrogens is 315 g/mol. The van der Waals surface area contributed by atoms with Crippen LogP contribution in [0.15, 0.2) is 52.5 Å². The van der Waals surface area contributed by atoms with Crippen LogP contribution in [0.3, 0.4) is 0 Å². The molecule has 7 heteroatoms. The molecule has 0 fully saturated rings. The molecule has 0 atom stereocenters. The number of sulfone groups is 1. The van der Waals surface area contributed by atoms with Crippen LogP contribution in [0.4, 0.5) is 10.1 Å². The van der Waals surface area contributed by atoms with Crippen LogP contribution in [-0.2, 0) is 9.84 Å². The van der Waals surface area contributed by atoms with Crippen molar-refractivity contribution < 1.29 is 12.8 Å². The molecule has 0 saturated heterocycles. The Morgan fingerprint density at radius 2 is 1.86 bits per heavy atom. The lowest BCUT2D eigenvalue weighted by Gasteiger charge is -2.01. The summed E-state index contributed by atoms with van der Waals surface area (Å²) in [6.45, 7) is 0. The Morgan fingerprint density at radius 1 is 1.19 bits per heavy atom. The fourth-order valence-corrected chi connectivity index (χ4v) is 2.30. The third-order valence-electron chi connectivity index (χ3n) is 2.64. The molecule has 4 nitrogen and oxygen atoms in total. The van der Waals surface area contributed by atoms with E-state index in [1.54, 1.807) is 18.2 Å². The highest BCUT2D eigenvalue weighted by atomic mass is 35.5. The van der Waals surface area contributed by atoms with Gasteiger partial charge in [0, 0.05) is 12.3 Å². The van der Waals surface area contributed by atoms with Crippen LogP contribution in [0.1, 0.15) is 5.56 Å². The van der Waals surface area contributed by atoms with Crippen molar-refractivity contribution in [3.63, 3.8) is 0 Å². The molecule has 1 N–H and O–H groups in total. The summed E-state index contributed by atoms with van der Waals surface area (Å²) in [5.41, 5.74) is 3.83. The van der Waals surface area contributed by atoms with Crippen LogP contribution in [0.5, 0.6) is 0 Å². The molecule has 0 aliphatic heterocycles. The minimum atomic E-state index is -3.21. The monoisotopic (exact) mass is 326 g/mol. The second-order valence-corrected chi connectivity index (χ2v) is 6.76. The van der Waals surface area contributed by atoms with Crippen molar-refractivity contribution in [2.24, 2.45) is 5.10 Å². The predicted octanol–water partition coefficient (Wildman–Crippen LogP) is 3.33. The minimum Gasteiger partial charge on any atom is -0.278 e. The number of rotatable bonds is 4. The SMILES string of the molecule is CS(=O)(=O)c1ccc(/C=N/Nc2ccc(Cl)c(F)c2)cc1. The van der Waals surface area contributed by atoms with Gasteiger partial charge in [-0.2, -0.15) is 5.10 Å². The Morgan fingerprint density at radius 3 is 2.43 bits per heavy atom. The predicted molar refractivity (Wildman–Crippen MR) is 82.2 cm³/mol. The highest BCUT2D eigenvalue weighted by Crippen LogP contribution is 2.18. The van der Waals surface area contributed by atoms with E-state index in [4.69, 9.17) is 11.6 Å². The summed E-state index contributed by atoms with van der Waals surface area (Å²) in [4.78, 5) is 0.243.